The van der Waals surface area contributed by atoms with Crippen molar-refractivity contribution >= 4 is 12.3 Å². The lowest BCUT2D eigenvalue weighted by Crippen LogP contribution is -2.09. The van der Waals surface area contributed by atoms with Crippen molar-refractivity contribution in [2.45, 2.75) is 6.92 Å². The third-order valence-corrected chi connectivity index (χ3v) is 1.79. The second kappa shape index (κ2) is 5.14. The Hall–Kier alpha value is -1.84. The molecular formula is C11H11O4. The predicted molar refractivity (Wildman–Crippen MR) is 54.0 cm³/mol. The summed E-state index contributed by atoms with van der Waals surface area (Å²) >= 11 is 0. The predicted octanol–water partition coefficient (Wildman–Crippen LogP) is 1.64. The Morgan fingerprint density at radius 1 is 1.40 bits per heavy atom. The minimum atomic E-state index is -0.525. The van der Waals surface area contributed by atoms with Crippen molar-refractivity contribution < 1.29 is 19.1 Å². The number of ether oxygens (including phenoxy) is 2. The molecule has 1 aromatic rings. The minimum Gasteiger partial charge on any atom is -0.493 e. The first-order valence-electron chi connectivity index (χ1n) is 4.36. The summed E-state index contributed by atoms with van der Waals surface area (Å²) in [6, 6.07) is 4.81. The van der Waals surface area contributed by atoms with Crippen molar-refractivity contribution in [3.63, 3.8) is 0 Å². The smallest absolute Gasteiger partial charge is 0.315 e. The zero-order valence-electron chi connectivity index (χ0n) is 8.52. The van der Waals surface area contributed by atoms with Gasteiger partial charge in [-0.25, -0.2) is 0 Å². The molecule has 0 aromatic heterocycles. The molecule has 0 unspecified atom stereocenters. The number of aldehydes is 1. The van der Waals surface area contributed by atoms with E-state index in [2.05, 4.69) is 0 Å². The monoisotopic (exact) mass is 207 g/mol. The Balaban J connectivity index is 3.10. The molecule has 0 amide bonds. The lowest BCUT2D eigenvalue weighted by molar-refractivity contribution is -0.130. The second-order valence-corrected chi connectivity index (χ2v) is 2.71. The molecule has 15 heavy (non-hydrogen) atoms. The molecule has 0 aliphatic rings. The highest BCUT2D eigenvalue weighted by atomic mass is 16.6. The Labute approximate surface area is 87.8 Å². The fourth-order valence-corrected chi connectivity index (χ4v) is 1.06. The zero-order chi connectivity index (χ0) is 11.3. The first-order valence-corrected chi connectivity index (χ1v) is 4.36. The number of hydrogen-bond donors (Lipinski definition) is 0. The molecule has 0 atom stereocenters. The lowest BCUT2D eigenvalue weighted by Gasteiger charge is -2.09. The van der Waals surface area contributed by atoms with Crippen LogP contribution in [0.15, 0.2) is 18.2 Å². The number of esters is 1. The highest BCUT2D eigenvalue weighted by Crippen LogP contribution is 2.30. The van der Waals surface area contributed by atoms with E-state index in [1.165, 1.54) is 13.5 Å². The molecule has 0 saturated heterocycles. The maximum atomic E-state index is 11.1. The average molecular weight is 207 g/mol. The van der Waals surface area contributed by atoms with Gasteiger partial charge >= 0.3 is 5.97 Å². The fraction of sp³-hybridized carbons (Fsp3) is 0.182. The molecule has 0 aliphatic carbocycles. The highest BCUT2D eigenvalue weighted by molar-refractivity contribution is 5.86. The molecule has 79 valence electrons. The van der Waals surface area contributed by atoms with Crippen molar-refractivity contribution in [3.05, 3.63) is 30.2 Å². The summed E-state index contributed by atoms with van der Waals surface area (Å²) in [5, 5.41) is 0. The number of rotatable bonds is 4. The Morgan fingerprint density at radius 3 is 2.67 bits per heavy atom. The molecule has 0 spiro atoms. The van der Waals surface area contributed by atoms with Crippen LogP contribution in [0.3, 0.4) is 0 Å². The van der Waals surface area contributed by atoms with E-state index in [0.717, 1.165) is 0 Å². The van der Waals surface area contributed by atoms with Crippen molar-refractivity contribution in [2.24, 2.45) is 0 Å². The molecule has 1 rings (SSSR count). The summed E-state index contributed by atoms with van der Waals surface area (Å²) in [6.07, 6.45) is 1.88. The average Bonchev–Trinajstić information content (AvgIpc) is 2.29. The molecular weight excluding hydrogens is 196 g/mol. The van der Waals surface area contributed by atoms with E-state index in [0.29, 0.717) is 12.0 Å². The molecule has 4 nitrogen and oxygen atoms in total. The maximum absolute atomic E-state index is 11.1. The minimum absolute atomic E-state index is 0.151. The van der Waals surface area contributed by atoms with E-state index in [1.807, 2.05) is 0 Å². The van der Waals surface area contributed by atoms with Crippen LogP contribution in [0.25, 0.3) is 0 Å². The van der Waals surface area contributed by atoms with Gasteiger partial charge in [-0.2, -0.15) is 0 Å². The van der Waals surface area contributed by atoms with Crippen molar-refractivity contribution in [1.82, 2.24) is 0 Å². The van der Waals surface area contributed by atoms with E-state index >= 15 is 0 Å². The van der Waals surface area contributed by atoms with Crippen LogP contribution in [0.4, 0.5) is 0 Å². The van der Waals surface area contributed by atoms with Crippen LogP contribution >= 0.6 is 0 Å². The Morgan fingerprint density at radius 2 is 2.13 bits per heavy atom. The van der Waals surface area contributed by atoms with Crippen molar-refractivity contribution in [1.29, 1.82) is 0 Å². The second-order valence-electron chi connectivity index (χ2n) is 2.71. The molecule has 0 bridgehead atoms. The van der Waals surface area contributed by atoms with E-state index in [-0.39, 0.29) is 11.3 Å². The number of para-hydroxylation sites is 1. The Bertz CT molecular complexity index is 371. The maximum Gasteiger partial charge on any atom is 0.315 e. The van der Waals surface area contributed by atoms with Crippen LogP contribution in [0.5, 0.6) is 11.5 Å². The molecule has 1 aromatic carbocycles. The Kier molecular flexibility index (Phi) is 3.85. The van der Waals surface area contributed by atoms with Gasteiger partial charge in [-0.15, -0.1) is 0 Å². The molecule has 4 heteroatoms. The van der Waals surface area contributed by atoms with Crippen LogP contribution < -0.4 is 9.47 Å². The van der Waals surface area contributed by atoms with E-state index < -0.39 is 5.97 Å². The van der Waals surface area contributed by atoms with Crippen LogP contribution in [0.1, 0.15) is 17.3 Å². The lowest BCUT2D eigenvalue weighted by atomic mass is 10.2. The van der Waals surface area contributed by atoms with Crippen molar-refractivity contribution in [3.8, 4) is 11.5 Å². The van der Waals surface area contributed by atoms with Crippen LogP contribution in [0, 0.1) is 6.42 Å². The van der Waals surface area contributed by atoms with Crippen molar-refractivity contribution in [2.75, 3.05) is 7.11 Å². The summed E-state index contributed by atoms with van der Waals surface area (Å²) in [5.74, 6) is -0.0181. The summed E-state index contributed by atoms with van der Waals surface area (Å²) in [6.45, 7) is 1.55. The molecule has 0 heterocycles. The quantitative estimate of drug-likeness (QED) is 0.428. The molecule has 1 radical (unpaired) electrons. The van der Waals surface area contributed by atoms with E-state index in [9.17, 15) is 9.59 Å². The summed E-state index contributed by atoms with van der Waals surface area (Å²) in [4.78, 5) is 21.8. The largest absolute Gasteiger partial charge is 0.493 e. The summed E-state index contributed by atoms with van der Waals surface area (Å²) in [5.41, 5.74) is 0.282. The van der Waals surface area contributed by atoms with Gasteiger partial charge in [0.15, 0.2) is 17.8 Å². The van der Waals surface area contributed by atoms with Gasteiger partial charge in [0.05, 0.1) is 19.1 Å². The van der Waals surface area contributed by atoms with E-state index in [1.54, 1.807) is 25.1 Å². The van der Waals surface area contributed by atoms with Gasteiger partial charge in [0, 0.05) is 0 Å². The first kappa shape index (κ1) is 11.2. The van der Waals surface area contributed by atoms with Crippen LogP contribution in [-0.4, -0.2) is 19.4 Å². The fourth-order valence-electron chi connectivity index (χ4n) is 1.06. The van der Waals surface area contributed by atoms with Gasteiger partial charge in [0.25, 0.3) is 0 Å². The summed E-state index contributed by atoms with van der Waals surface area (Å²) in [7, 11) is 1.44. The van der Waals surface area contributed by atoms with E-state index in [4.69, 9.17) is 9.47 Å². The van der Waals surface area contributed by atoms with Gasteiger partial charge < -0.3 is 9.47 Å². The normalized spacial score (nSPS) is 9.47. The molecule has 0 aliphatic heterocycles. The van der Waals surface area contributed by atoms with Crippen LogP contribution in [-0.2, 0) is 4.79 Å². The van der Waals surface area contributed by atoms with Gasteiger partial charge in [-0.1, -0.05) is 13.0 Å². The number of carbonyl (C=O) groups is 2. The molecule has 0 N–H and O–H groups in total. The number of methoxy groups -OCH3 is 1. The third-order valence-electron chi connectivity index (χ3n) is 1.79. The number of benzene rings is 1. The zero-order valence-corrected chi connectivity index (χ0v) is 8.52. The van der Waals surface area contributed by atoms with Crippen LogP contribution in [0.2, 0.25) is 0 Å². The van der Waals surface area contributed by atoms with Gasteiger partial charge in [0.1, 0.15) is 0 Å². The summed E-state index contributed by atoms with van der Waals surface area (Å²) < 4.78 is 9.94. The van der Waals surface area contributed by atoms with Gasteiger partial charge in [0.2, 0.25) is 0 Å². The number of hydrogen-bond acceptors (Lipinski definition) is 4. The van der Waals surface area contributed by atoms with Gasteiger partial charge in [-0.05, 0) is 12.1 Å². The standard InChI is InChI=1S/C11H11O4/c1-3-10(13)15-11-8(7-12)5-4-6-9(11)14-2/h3-7H,1-2H3. The topological polar surface area (TPSA) is 52.6 Å². The third kappa shape index (κ3) is 2.56. The first-order chi connectivity index (χ1) is 7.22. The molecule has 0 saturated carbocycles. The molecule has 0 fully saturated rings. The highest BCUT2D eigenvalue weighted by Gasteiger charge is 2.13. The number of carbonyl (C=O) groups excluding carboxylic acids is 2. The SMILES string of the molecule is C[CH]C(=O)Oc1c(C=O)cccc1OC. The van der Waals surface area contributed by atoms with Gasteiger partial charge in [-0.3, -0.25) is 9.59 Å².